The summed E-state index contributed by atoms with van der Waals surface area (Å²) in [5.74, 6) is 0. The standard InChI is InChI=1S/C8H13F3N2O/c1-7(2-3-7)4-12-6(14)13-5-8(9,10)11/h2-5H2,1H3,(H2,12,13,14). The molecule has 0 radical (unpaired) electrons. The van der Waals surface area contributed by atoms with Crippen LogP contribution in [0.4, 0.5) is 18.0 Å². The molecule has 1 aliphatic carbocycles. The first kappa shape index (κ1) is 11.1. The molecule has 1 aliphatic rings. The fourth-order valence-corrected chi connectivity index (χ4v) is 0.927. The molecule has 6 heteroatoms. The summed E-state index contributed by atoms with van der Waals surface area (Å²) in [6, 6.07) is -0.754. The molecule has 2 N–H and O–H groups in total. The topological polar surface area (TPSA) is 41.1 Å². The Bertz CT molecular complexity index is 212. The van der Waals surface area contributed by atoms with E-state index >= 15 is 0 Å². The molecule has 1 rings (SSSR count). The van der Waals surface area contributed by atoms with Gasteiger partial charge < -0.3 is 10.6 Å². The van der Waals surface area contributed by atoms with E-state index in [9.17, 15) is 18.0 Å². The average Bonchev–Trinajstić information content (AvgIpc) is 2.76. The van der Waals surface area contributed by atoms with Gasteiger partial charge in [-0.2, -0.15) is 13.2 Å². The molecule has 0 spiro atoms. The van der Waals surface area contributed by atoms with Gasteiger partial charge in [0.15, 0.2) is 0 Å². The van der Waals surface area contributed by atoms with Crippen LogP contribution in [0, 0.1) is 5.41 Å². The summed E-state index contributed by atoms with van der Waals surface area (Å²) in [5, 5.41) is 4.16. The summed E-state index contributed by atoms with van der Waals surface area (Å²) in [6.45, 7) is 1.14. The zero-order chi connectivity index (χ0) is 10.8. The monoisotopic (exact) mass is 210 g/mol. The van der Waals surface area contributed by atoms with Crippen LogP contribution in [-0.4, -0.2) is 25.3 Å². The molecule has 1 fully saturated rings. The molecule has 0 aromatic carbocycles. The molecular weight excluding hydrogens is 197 g/mol. The summed E-state index contributed by atoms with van der Waals surface area (Å²) >= 11 is 0. The largest absolute Gasteiger partial charge is 0.405 e. The molecule has 1 saturated carbocycles. The minimum Gasteiger partial charge on any atom is -0.338 e. The number of halogens is 3. The second-order valence-corrected chi connectivity index (χ2v) is 3.96. The summed E-state index contributed by atoms with van der Waals surface area (Å²) in [4.78, 5) is 10.8. The Labute approximate surface area is 80.0 Å². The van der Waals surface area contributed by atoms with Gasteiger partial charge in [0.05, 0.1) is 0 Å². The maximum atomic E-state index is 11.7. The number of carbonyl (C=O) groups excluding carboxylic acids is 1. The van der Waals surface area contributed by atoms with Crippen LogP contribution in [0.1, 0.15) is 19.8 Å². The first-order valence-corrected chi connectivity index (χ1v) is 4.39. The number of hydrogen-bond donors (Lipinski definition) is 2. The number of urea groups is 1. The highest BCUT2D eigenvalue weighted by Crippen LogP contribution is 2.43. The van der Waals surface area contributed by atoms with Crippen molar-refractivity contribution in [2.45, 2.75) is 25.9 Å². The van der Waals surface area contributed by atoms with E-state index < -0.39 is 18.8 Å². The van der Waals surface area contributed by atoms with Crippen molar-refractivity contribution in [2.24, 2.45) is 5.41 Å². The number of alkyl halides is 3. The van der Waals surface area contributed by atoms with Gasteiger partial charge in [0, 0.05) is 6.54 Å². The van der Waals surface area contributed by atoms with E-state index in [1.807, 2.05) is 6.92 Å². The molecule has 0 aromatic rings. The Hall–Kier alpha value is -0.940. The van der Waals surface area contributed by atoms with Crippen molar-refractivity contribution in [3.05, 3.63) is 0 Å². The van der Waals surface area contributed by atoms with Gasteiger partial charge >= 0.3 is 12.2 Å². The van der Waals surface area contributed by atoms with Crippen LogP contribution < -0.4 is 10.6 Å². The lowest BCUT2D eigenvalue weighted by Crippen LogP contribution is -2.42. The summed E-state index contributed by atoms with van der Waals surface area (Å²) in [6.07, 6.45) is -2.31. The molecule has 14 heavy (non-hydrogen) atoms. The van der Waals surface area contributed by atoms with Gasteiger partial charge in [-0.3, -0.25) is 0 Å². The van der Waals surface area contributed by atoms with Gasteiger partial charge in [-0.05, 0) is 18.3 Å². The Morgan fingerprint density at radius 1 is 1.36 bits per heavy atom. The highest BCUT2D eigenvalue weighted by molar-refractivity contribution is 5.73. The van der Waals surface area contributed by atoms with E-state index in [0.717, 1.165) is 12.8 Å². The Morgan fingerprint density at radius 3 is 2.36 bits per heavy atom. The van der Waals surface area contributed by atoms with E-state index in [2.05, 4.69) is 5.32 Å². The Balaban J connectivity index is 2.10. The molecule has 2 amide bonds. The van der Waals surface area contributed by atoms with Crippen LogP contribution in [0.2, 0.25) is 0 Å². The smallest absolute Gasteiger partial charge is 0.338 e. The number of rotatable bonds is 3. The van der Waals surface area contributed by atoms with Crippen molar-refractivity contribution < 1.29 is 18.0 Å². The summed E-state index contributed by atoms with van der Waals surface area (Å²) in [7, 11) is 0. The minimum absolute atomic E-state index is 0.107. The lowest BCUT2D eigenvalue weighted by molar-refractivity contribution is -0.122. The van der Waals surface area contributed by atoms with Crippen LogP contribution in [-0.2, 0) is 0 Å². The van der Waals surface area contributed by atoms with E-state index in [4.69, 9.17) is 0 Å². The molecule has 0 aromatic heterocycles. The van der Waals surface area contributed by atoms with Gasteiger partial charge in [0.25, 0.3) is 0 Å². The molecule has 0 saturated heterocycles. The fraction of sp³-hybridized carbons (Fsp3) is 0.875. The molecule has 3 nitrogen and oxygen atoms in total. The molecule has 0 atom stereocenters. The number of carbonyl (C=O) groups is 1. The zero-order valence-corrected chi connectivity index (χ0v) is 7.87. The van der Waals surface area contributed by atoms with Crippen LogP contribution >= 0.6 is 0 Å². The van der Waals surface area contributed by atoms with Gasteiger partial charge in [-0.1, -0.05) is 6.92 Å². The predicted molar refractivity (Wildman–Crippen MR) is 44.8 cm³/mol. The molecule has 0 aliphatic heterocycles. The van der Waals surface area contributed by atoms with Gasteiger partial charge in [-0.25, -0.2) is 4.79 Å². The summed E-state index contributed by atoms with van der Waals surface area (Å²) in [5.41, 5.74) is 0.107. The van der Waals surface area contributed by atoms with Gasteiger partial charge in [-0.15, -0.1) is 0 Å². The van der Waals surface area contributed by atoms with Crippen LogP contribution in [0.25, 0.3) is 0 Å². The van der Waals surface area contributed by atoms with E-state index in [1.165, 1.54) is 0 Å². The SMILES string of the molecule is CC1(CNC(=O)NCC(F)(F)F)CC1. The van der Waals surface area contributed by atoms with Crippen molar-refractivity contribution >= 4 is 6.03 Å². The molecule has 0 bridgehead atoms. The second kappa shape index (κ2) is 3.67. The van der Waals surface area contributed by atoms with E-state index in [1.54, 1.807) is 5.32 Å². The van der Waals surface area contributed by atoms with Crippen molar-refractivity contribution in [3.63, 3.8) is 0 Å². The maximum Gasteiger partial charge on any atom is 0.405 e. The molecule has 82 valence electrons. The predicted octanol–water partition coefficient (Wildman–Crippen LogP) is 1.65. The molecular formula is C8H13F3N2O. The summed E-state index contributed by atoms with van der Waals surface area (Å²) < 4.78 is 35.0. The number of amides is 2. The van der Waals surface area contributed by atoms with Crippen molar-refractivity contribution in [1.29, 1.82) is 0 Å². The van der Waals surface area contributed by atoms with Crippen LogP contribution in [0.5, 0.6) is 0 Å². The van der Waals surface area contributed by atoms with Crippen LogP contribution in [0.3, 0.4) is 0 Å². The Morgan fingerprint density at radius 2 is 1.93 bits per heavy atom. The fourth-order valence-electron chi connectivity index (χ4n) is 0.927. The normalized spacial score (nSPS) is 18.9. The minimum atomic E-state index is -4.35. The molecule has 0 heterocycles. The molecule has 0 unspecified atom stereocenters. The lowest BCUT2D eigenvalue weighted by Gasteiger charge is -2.12. The Kier molecular flexibility index (Phi) is 2.92. The maximum absolute atomic E-state index is 11.7. The number of hydrogen-bond acceptors (Lipinski definition) is 1. The third-order valence-corrected chi connectivity index (χ3v) is 2.23. The van der Waals surface area contributed by atoms with E-state index in [0.29, 0.717) is 6.54 Å². The highest BCUT2D eigenvalue weighted by Gasteiger charge is 2.37. The second-order valence-electron chi connectivity index (χ2n) is 3.96. The third kappa shape index (κ3) is 4.34. The number of nitrogens with one attached hydrogen (secondary N) is 2. The highest BCUT2D eigenvalue weighted by atomic mass is 19.4. The quantitative estimate of drug-likeness (QED) is 0.730. The van der Waals surface area contributed by atoms with Gasteiger partial charge in [0.2, 0.25) is 0 Å². The first-order valence-electron chi connectivity index (χ1n) is 4.39. The van der Waals surface area contributed by atoms with E-state index in [-0.39, 0.29) is 5.41 Å². The average molecular weight is 210 g/mol. The van der Waals surface area contributed by atoms with Gasteiger partial charge in [0.1, 0.15) is 6.54 Å². The van der Waals surface area contributed by atoms with Crippen LogP contribution in [0.15, 0.2) is 0 Å². The zero-order valence-electron chi connectivity index (χ0n) is 7.87. The lowest BCUT2D eigenvalue weighted by atomic mass is 10.1. The third-order valence-electron chi connectivity index (χ3n) is 2.23. The van der Waals surface area contributed by atoms with Crippen molar-refractivity contribution in [1.82, 2.24) is 10.6 Å². The first-order chi connectivity index (χ1) is 6.31. The van der Waals surface area contributed by atoms with Crippen molar-refractivity contribution in [2.75, 3.05) is 13.1 Å². The van der Waals surface area contributed by atoms with Crippen molar-refractivity contribution in [3.8, 4) is 0 Å².